The highest BCUT2D eigenvalue weighted by molar-refractivity contribution is 6.31. The second-order valence-electron chi connectivity index (χ2n) is 4.55. The molecule has 1 saturated heterocycles. The molecule has 7 heteroatoms. The molecule has 3 rings (SSSR count). The van der Waals surface area contributed by atoms with Crippen LogP contribution in [-0.4, -0.2) is 33.9 Å². The van der Waals surface area contributed by atoms with E-state index in [1.54, 1.807) is 29.2 Å². The Kier molecular flexibility index (Phi) is 3.66. The van der Waals surface area contributed by atoms with Gasteiger partial charge in [-0.1, -0.05) is 11.6 Å². The zero-order valence-electron chi connectivity index (χ0n) is 10.6. The van der Waals surface area contributed by atoms with Crippen molar-refractivity contribution in [2.75, 3.05) is 18.5 Å². The largest absolute Gasteiger partial charge is 0.381 e. The van der Waals surface area contributed by atoms with Crippen LogP contribution in [0, 0.1) is 5.92 Å². The first-order valence-electron chi connectivity index (χ1n) is 6.27. The average molecular weight is 293 g/mol. The molecule has 0 saturated carbocycles. The van der Waals surface area contributed by atoms with Crippen LogP contribution in [0.1, 0.15) is 6.42 Å². The van der Waals surface area contributed by atoms with E-state index in [2.05, 4.69) is 15.4 Å². The number of benzene rings is 1. The van der Waals surface area contributed by atoms with Crippen LogP contribution >= 0.6 is 11.6 Å². The van der Waals surface area contributed by atoms with Gasteiger partial charge in [-0.2, -0.15) is 5.10 Å². The fourth-order valence-electron chi connectivity index (χ4n) is 2.12. The predicted molar refractivity (Wildman–Crippen MR) is 73.9 cm³/mol. The fraction of sp³-hybridized carbons (Fsp3) is 0.308. The van der Waals surface area contributed by atoms with Crippen molar-refractivity contribution in [3.8, 4) is 5.69 Å². The van der Waals surface area contributed by atoms with E-state index in [1.807, 2.05) is 0 Å². The van der Waals surface area contributed by atoms with Crippen LogP contribution in [0.5, 0.6) is 0 Å². The van der Waals surface area contributed by atoms with Gasteiger partial charge in [0, 0.05) is 11.6 Å². The Balaban J connectivity index is 1.87. The molecule has 2 aromatic rings. The lowest BCUT2D eigenvalue weighted by molar-refractivity contribution is -0.119. The van der Waals surface area contributed by atoms with Gasteiger partial charge in [0.2, 0.25) is 5.91 Å². The number of hydrogen-bond acceptors (Lipinski definition) is 4. The van der Waals surface area contributed by atoms with Crippen LogP contribution in [0.2, 0.25) is 5.02 Å². The van der Waals surface area contributed by atoms with Gasteiger partial charge in [0.1, 0.15) is 12.7 Å². The lowest BCUT2D eigenvalue weighted by Crippen LogP contribution is -2.23. The molecule has 1 aliphatic rings. The summed E-state index contributed by atoms with van der Waals surface area (Å²) in [6.07, 6.45) is 3.74. The molecule has 1 unspecified atom stereocenters. The Labute approximate surface area is 120 Å². The summed E-state index contributed by atoms with van der Waals surface area (Å²) >= 11 is 6.00. The molecule has 1 aromatic carbocycles. The van der Waals surface area contributed by atoms with Gasteiger partial charge < -0.3 is 10.1 Å². The standard InChI is InChI=1S/C13H13ClN4O2/c14-10-1-2-12(18-8-15-7-16-18)11(5-10)17-13(19)9-3-4-20-6-9/h1-2,5,7-9H,3-4,6H2,(H,17,19). The van der Waals surface area contributed by atoms with Crippen LogP contribution in [0.15, 0.2) is 30.9 Å². The van der Waals surface area contributed by atoms with E-state index in [1.165, 1.54) is 6.33 Å². The number of rotatable bonds is 3. The summed E-state index contributed by atoms with van der Waals surface area (Å²) in [4.78, 5) is 16.1. The number of halogens is 1. The van der Waals surface area contributed by atoms with Crippen LogP contribution < -0.4 is 5.32 Å². The summed E-state index contributed by atoms with van der Waals surface area (Å²) in [5, 5.41) is 7.51. The minimum atomic E-state index is -0.113. The van der Waals surface area contributed by atoms with Crippen LogP contribution in [0.4, 0.5) is 5.69 Å². The summed E-state index contributed by atoms with van der Waals surface area (Å²) in [6.45, 7) is 1.09. The molecule has 0 radical (unpaired) electrons. The van der Waals surface area contributed by atoms with E-state index in [9.17, 15) is 4.79 Å². The monoisotopic (exact) mass is 292 g/mol. The first-order valence-corrected chi connectivity index (χ1v) is 6.65. The van der Waals surface area contributed by atoms with Crippen molar-refractivity contribution in [2.45, 2.75) is 6.42 Å². The zero-order chi connectivity index (χ0) is 13.9. The SMILES string of the molecule is O=C(Nc1cc(Cl)ccc1-n1cncn1)C1CCOC1. The molecular formula is C13H13ClN4O2. The van der Waals surface area contributed by atoms with Crippen molar-refractivity contribution in [1.29, 1.82) is 0 Å². The van der Waals surface area contributed by atoms with Gasteiger partial charge in [-0.15, -0.1) is 0 Å². The minimum absolute atomic E-state index is 0.0638. The summed E-state index contributed by atoms with van der Waals surface area (Å²) in [7, 11) is 0. The molecule has 104 valence electrons. The van der Waals surface area contributed by atoms with Gasteiger partial charge in [0.05, 0.1) is 23.9 Å². The van der Waals surface area contributed by atoms with E-state index >= 15 is 0 Å². The van der Waals surface area contributed by atoms with Crippen molar-refractivity contribution in [2.24, 2.45) is 5.92 Å². The van der Waals surface area contributed by atoms with Gasteiger partial charge in [-0.25, -0.2) is 9.67 Å². The summed E-state index contributed by atoms with van der Waals surface area (Å²) in [5.74, 6) is -0.177. The number of nitrogens with one attached hydrogen (secondary N) is 1. The Hall–Kier alpha value is -1.92. The lowest BCUT2D eigenvalue weighted by Gasteiger charge is -2.13. The molecule has 0 bridgehead atoms. The first-order chi connectivity index (χ1) is 9.74. The fourth-order valence-corrected chi connectivity index (χ4v) is 2.29. The zero-order valence-corrected chi connectivity index (χ0v) is 11.4. The number of carbonyl (C=O) groups excluding carboxylic acids is 1. The molecule has 1 fully saturated rings. The third-order valence-electron chi connectivity index (χ3n) is 3.18. The highest BCUT2D eigenvalue weighted by Gasteiger charge is 2.24. The third kappa shape index (κ3) is 2.66. The molecule has 0 spiro atoms. The Morgan fingerprint density at radius 3 is 3.10 bits per heavy atom. The van der Waals surface area contributed by atoms with Crippen molar-refractivity contribution in [3.63, 3.8) is 0 Å². The predicted octanol–water partition coefficient (Wildman–Crippen LogP) is 1.90. The van der Waals surface area contributed by atoms with Crippen molar-refractivity contribution in [3.05, 3.63) is 35.9 Å². The number of nitrogens with zero attached hydrogens (tertiary/aromatic N) is 3. The molecule has 1 amide bonds. The highest BCUT2D eigenvalue weighted by atomic mass is 35.5. The van der Waals surface area contributed by atoms with E-state index < -0.39 is 0 Å². The molecule has 2 heterocycles. The van der Waals surface area contributed by atoms with Crippen LogP contribution in [0.3, 0.4) is 0 Å². The van der Waals surface area contributed by atoms with Crippen LogP contribution in [-0.2, 0) is 9.53 Å². The number of aromatic nitrogens is 3. The molecule has 1 atom stereocenters. The lowest BCUT2D eigenvalue weighted by atomic mass is 10.1. The van der Waals surface area contributed by atoms with Crippen molar-refractivity contribution >= 4 is 23.2 Å². The Bertz CT molecular complexity index is 609. The maximum atomic E-state index is 12.2. The van der Waals surface area contributed by atoms with Crippen molar-refractivity contribution < 1.29 is 9.53 Å². The number of anilines is 1. The van der Waals surface area contributed by atoms with Gasteiger partial charge >= 0.3 is 0 Å². The second-order valence-corrected chi connectivity index (χ2v) is 4.99. The van der Waals surface area contributed by atoms with Gasteiger partial charge in [0.25, 0.3) is 0 Å². The number of amides is 1. The van der Waals surface area contributed by atoms with Gasteiger partial charge in [-0.05, 0) is 24.6 Å². The molecular weight excluding hydrogens is 280 g/mol. The number of hydrogen-bond donors (Lipinski definition) is 1. The first kappa shape index (κ1) is 13.1. The van der Waals surface area contributed by atoms with E-state index in [0.717, 1.165) is 12.1 Å². The average Bonchev–Trinajstić information content (AvgIpc) is 3.12. The second kappa shape index (κ2) is 5.60. The third-order valence-corrected chi connectivity index (χ3v) is 3.42. The summed E-state index contributed by atoms with van der Waals surface area (Å²) in [6, 6.07) is 5.23. The van der Waals surface area contributed by atoms with Crippen molar-refractivity contribution in [1.82, 2.24) is 14.8 Å². The minimum Gasteiger partial charge on any atom is -0.381 e. The normalized spacial score (nSPS) is 18.1. The quantitative estimate of drug-likeness (QED) is 0.938. The molecule has 1 aliphatic heterocycles. The molecule has 1 N–H and O–H groups in total. The topological polar surface area (TPSA) is 69.0 Å². The van der Waals surface area contributed by atoms with E-state index in [0.29, 0.717) is 23.9 Å². The summed E-state index contributed by atoms with van der Waals surface area (Å²) < 4.78 is 6.81. The maximum absolute atomic E-state index is 12.2. The van der Waals surface area contributed by atoms with E-state index in [4.69, 9.17) is 16.3 Å². The molecule has 20 heavy (non-hydrogen) atoms. The maximum Gasteiger partial charge on any atom is 0.229 e. The Morgan fingerprint density at radius 1 is 1.50 bits per heavy atom. The molecule has 0 aliphatic carbocycles. The molecule has 6 nitrogen and oxygen atoms in total. The van der Waals surface area contributed by atoms with Gasteiger partial charge in [-0.3, -0.25) is 4.79 Å². The number of ether oxygens (including phenoxy) is 1. The van der Waals surface area contributed by atoms with E-state index in [-0.39, 0.29) is 11.8 Å². The Morgan fingerprint density at radius 2 is 2.40 bits per heavy atom. The van der Waals surface area contributed by atoms with Gasteiger partial charge in [0.15, 0.2) is 0 Å². The summed E-state index contributed by atoms with van der Waals surface area (Å²) in [5.41, 5.74) is 1.33. The highest BCUT2D eigenvalue weighted by Crippen LogP contribution is 2.25. The van der Waals surface area contributed by atoms with Crippen LogP contribution in [0.25, 0.3) is 5.69 Å². The smallest absolute Gasteiger partial charge is 0.229 e. The number of carbonyl (C=O) groups is 1. The molecule has 1 aromatic heterocycles.